The van der Waals surface area contributed by atoms with Crippen molar-refractivity contribution in [3.8, 4) is 0 Å². The smallest absolute Gasteiger partial charge is 0.0579 e. The molecule has 0 saturated heterocycles. The molecule has 4 aliphatic rings. The third-order valence-electron chi connectivity index (χ3n) is 8.32. The Morgan fingerprint density at radius 1 is 0.414 bits per heavy atom. The van der Waals surface area contributed by atoms with Crippen molar-refractivity contribution < 1.29 is 9.47 Å². The zero-order valence-electron chi connectivity index (χ0n) is 19.2. The molecule has 0 spiro atoms. The van der Waals surface area contributed by atoms with E-state index in [0.717, 1.165) is 22.3 Å². The van der Waals surface area contributed by atoms with Crippen LogP contribution in [-0.4, -0.2) is 34.9 Å². The molecule has 4 saturated carbocycles. The first-order chi connectivity index (χ1) is 14.1. The lowest BCUT2D eigenvalue weighted by Crippen LogP contribution is -2.32. The second-order valence-corrected chi connectivity index (χ2v) is 12.6. The summed E-state index contributed by atoms with van der Waals surface area (Å²) in [5.74, 6) is 1.85. The first-order valence-corrected chi connectivity index (χ1v) is 14.0. The highest BCUT2D eigenvalue weighted by Gasteiger charge is 2.31. The number of hydrogen-bond acceptors (Lipinski definition) is 3. The van der Waals surface area contributed by atoms with E-state index < -0.39 is 0 Å². The molecule has 0 amide bonds. The molecule has 4 aliphatic carbocycles. The van der Waals surface area contributed by atoms with Crippen molar-refractivity contribution in [2.75, 3.05) is 0 Å². The van der Waals surface area contributed by atoms with Gasteiger partial charge in [-0.05, 0) is 115 Å². The van der Waals surface area contributed by atoms with Crippen molar-refractivity contribution in [1.82, 2.24) is 0 Å². The van der Waals surface area contributed by atoms with E-state index in [2.05, 4.69) is 25.6 Å². The van der Waals surface area contributed by atoms with E-state index in [0.29, 0.717) is 24.4 Å². The van der Waals surface area contributed by atoms with Crippen molar-refractivity contribution in [2.45, 2.75) is 151 Å². The number of ether oxygens (including phenoxy) is 2. The van der Waals surface area contributed by atoms with Gasteiger partial charge >= 0.3 is 0 Å². The fourth-order valence-electron chi connectivity index (χ4n) is 6.16. The molecule has 168 valence electrons. The average Bonchev–Trinajstić information content (AvgIpc) is 2.74. The van der Waals surface area contributed by atoms with Crippen molar-refractivity contribution in [1.29, 1.82) is 0 Å². The Morgan fingerprint density at radius 2 is 0.690 bits per heavy atom. The SMILES string of the molecule is CC1CCC(OC2CCC(SC3CCC(OC4CCC(C)CC4)CC3)CC2)CC1. The van der Waals surface area contributed by atoms with Gasteiger partial charge in [-0.15, -0.1) is 0 Å². The fraction of sp³-hybridized carbons (Fsp3) is 1.00. The van der Waals surface area contributed by atoms with Crippen LogP contribution in [0, 0.1) is 11.8 Å². The Bertz CT molecular complexity index is 409. The quantitative estimate of drug-likeness (QED) is 0.440. The summed E-state index contributed by atoms with van der Waals surface area (Å²) in [6.07, 6.45) is 23.8. The predicted octanol–water partition coefficient (Wildman–Crippen LogP) is 7.53. The molecule has 0 aromatic rings. The summed E-state index contributed by atoms with van der Waals surface area (Å²) in [7, 11) is 0. The lowest BCUT2D eigenvalue weighted by Gasteiger charge is -2.37. The third-order valence-corrected chi connectivity index (χ3v) is 10.0. The van der Waals surface area contributed by atoms with E-state index in [9.17, 15) is 0 Å². The van der Waals surface area contributed by atoms with Gasteiger partial charge in [-0.2, -0.15) is 11.8 Å². The Balaban J connectivity index is 1.08. The largest absolute Gasteiger partial charge is 0.375 e. The molecular formula is C26H46O2S. The zero-order chi connectivity index (χ0) is 20.1. The van der Waals surface area contributed by atoms with Crippen molar-refractivity contribution in [3.63, 3.8) is 0 Å². The standard InChI is InChI=1S/C26H46O2S/c1-19-3-7-21(8-4-19)27-23-11-15-25(16-12-23)29-26-17-13-24(14-18-26)28-22-9-5-20(2)6-10-22/h19-26H,3-18H2,1-2H3. The van der Waals surface area contributed by atoms with E-state index in [1.165, 1.54) is 103 Å². The maximum Gasteiger partial charge on any atom is 0.0579 e. The summed E-state index contributed by atoms with van der Waals surface area (Å²) in [6.45, 7) is 4.79. The Morgan fingerprint density at radius 3 is 1.00 bits per heavy atom. The summed E-state index contributed by atoms with van der Waals surface area (Å²) >= 11 is 2.33. The molecule has 3 heteroatoms. The lowest BCUT2D eigenvalue weighted by atomic mass is 9.88. The molecule has 0 unspecified atom stereocenters. The third kappa shape index (κ3) is 7.14. The highest BCUT2D eigenvalue weighted by atomic mass is 32.2. The van der Waals surface area contributed by atoms with Crippen LogP contribution in [-0.2, 0) is 9.47 Å². The minimum Gasteiger partial charge on any atom is -0.375 e. The zero-order valence-corrected chi connectivity index (χ0v) is 20.0. The van der Waals surface area contributed by atoms with E-state index in [1.807, 2.05) is 0 Å². The number of rotatable bonds is 6. The topological polar surface area (TPSA) is 18.5 Å². The van der Waals surface area contributed by atoms with Gasteiger partial charge in [-0.3, -0.25) is 0 Å². The maximum absolute atomic E-state index is 6.49. The molecule has 2 nitrogen and oxygen atoms in total. The van der Waals surface area contributed by atoms with Crippen LogP contribution in [0.4, 0.5) is 0 Å². The summed E-state index contributed by atoms with van der Waals surface area (Å²) < 4.78 is 13.0. The van der Waals surface area contributed by atoms with Gasteiger partial charge in [0.05, 0.1) is 24.4 Å². The lowest BCUT2D eigenvalue weighted by molar-refractivity contribution is -0.0500. The van der Waals surface area contributed by atoms with Crippen LogP contribution in [0.25, 0.3) is 0 Å². The molecule has 0 bridgehead atoms. The van der Waals surface area contributed by atoms with Crippen LogP contribution in [0.15, 0.2) is 0 Å². The Labute approximate surface area is 184 Å². The molecule has 4 fully saturated rings. The summed E-state index contributed by atoms with van der Waals surface area (Å²) in [5, 5.41) is 1.78. The van der Waals surface area contributed by atoms with E-state index >= 15 is 0 Å². The monoisotopic (exact) mass is 422 g/mol. The average molecular weight is 423 g/mol. The molecule has 0 N–H and O–H groups in total. The van der Waals surface area contributed by atoms with Crippen LogP contribution in [0.5, 0.6) is 0 Å². The molecule has 0 radical (unpaired) electrons. The highest BCUT2D eigenvalue weighted by Crippen LogP contribution is 2.40. The van der Waals surface area contributed by atoms with Gasteiger partial charge in [0.25, 0.3) is 0 Å². The van der Waals surface area contributed by atoms with Crippen LogP contribution in [0.1, 0.15) is 117 Å². The molecule has 0 aliphatic heterocycles. The highest BCUT2D eigenvalue weighted by molar-refractivity contribution is 8.00. The number of thioether (sulfide) groups is 1. The Hall–Kier alpha value is 0.270. The van der Waals surface area contributed by atoms with Crippen LogP contribution >= 0.6 is 11.8 Å². The second kappa shape index (κ2) is 11.2. The van der Waals surface area contributed by atoms with E-state index in [1.54, 1.807) is 0 Å². The molecule has 0 atom stereocenters. The van der Waals surface area contributed by atoms with Gasteiger partial charge in [0.2, 0.25) is 0 Å². The van der Waals surface area contributed by atoms with E-state index in [4.69, 9.17) is 9.47 Å². The molecular weight excluding hydrogens is 376 g/mol. The van der Waals surface area contributed by atoms with Crippen molar-refractivity contribution >= 4 is 11.8 Å². The molecule has 0 aromatic heterocycles. The van der Waals surface area contributed by atoms with Crippen LogP contribution < -0.4 is 0 Å². The van der Waals surface area contributed by atoms with Gasteiger partial charge in [0, 0.05) is 10.5 Å². The normalized spacial score (nSPS) is 44.5. The Kier molecular flexibility index (Phi) is 8.70. The maximum atomic E-state index is 6.49. The molecule has 29 heavy (non-hydrogen) atoms. The molecule has 4 rings (SSSR count). The van der Waals surface area contributed by atoms with Crippen molar-refractivity contribution in [3.05, 3.63) is 0 Å². The van der Waals surface area contributed by atoms with Gasteiger partial charge in [-0.25, -0.2) is 0 Å². The van der Waals surface area contributed by atoms with Gasteiger partial charge in [0.1, 0.15) is 0 Å². The van der Waals surface area contributed by atoms with Gasteiger partial charge in [-0.1, -0.05) is 13.8 Å². The van der Waals surface area contributed by atoms with E-state index in [-0.39, 0.29) is 0 Å². The van der Waals surface area contributed by atoms with Crippen LogP contribution in [0.3, 0.4) is 0 Å². The first-order valence-electron chi connectivity index (χ1n) is 13.1. The summed E-state index contributed by atoms with van der Waals surface area (Å²) in [4.78, 5) is 0. The molecule has 0 heterocycles. The molecule has 0 aromatic carbocycles. The van der Waals surface area contributed by atoms with Gasteiger partial charge in [0.15, 0.2) is 0 Å². The predicted molar refractivity (Wildman–Crippen MR) is 125 cm³/mol. The minimum atomic E-state index is 0.563. The fourth-order valence-corrected chi connectivity index (χ4v) is 7.79. The summed E-state index contributed by atoms with van der Waals surface area (Å²) in [5.41, 5.74) is 0. The van der Waals surface area contributed by atoms with Crippen molar-refractivity contribution in [2.24, 2.45) is 11.8 Å². The van der Waals surface area contributed by atoms with Gasteiger partial charge < -0.3 is 9.47 Å². The summed E-state index contributed by atoms with van der Waals surface area (Å²) in [6, 6.07) is 0. The first kappa shape index (κ1) is 22.5. The second-order valence-electron chi connectivity index (χ2n) is 11.0. The number of hydrogen-bond donors (Lipinski definition) is 0. The van der Waals surface area contributed by atoms with Crippen LogP contribution in [0.2, 0.25) is 0 Å². The minimum absolute atomic E-state index is 0.563.